The molecule has 2 aliphatic heterocycles. The Bertz CT molecular complexity index is 1100. The third-order valence-electron chi connectivity index (χ3n) is 6.03. The molecule has 4 heterocycles. The van der Waals surface area contributed by atoms with Crippen molar-refractivity contribution in [3.63, 3.8) is 0 Å². The van der Waals surface area contributed by atoms with Crippen molar-refractivity contribution in [3.05, 3.63) is 71.2 Å². The van der Waals surface area contributed by atoms with Gasteiger partial charge in [0.25, 0.3) is 0 Å². The van der Waals surface area contributed by atoms with Crippen LogP contribution in [0, 0.1) is 0 Å². The fraction of sp³-hybridized carbons (Fsp3) is 0.375. The summed E-state index contributed by atoms with van der Waals surface area (Å²) in [5.74, 6) is 1.44. The van der Waals surface area contributed by atoms with Crippen LogP contribution in [0.4, 0.5) is 19.0 Å². The molecule has 172 valence electrons. The Kier molecular flexibility index (Phi) is 5.99. The van der Waals surface area contributed by atoms with Crippen LogP contribution in [0.25, 0.3) is 11.4 Å². The maximum absolute atomic E-state index is 12.8. The van der Waals surface area contributed by atoms with Gasteiger partial charge in [0.2, 0.25) is 0 Å². The van der Waals surface area contributed by atoms with Gasteiger partial charge in [-0.1, -0.05) is 18.2 Å². The molecule has 0 unspecified atom stereocenters. The molecule has 0 radical (unpaired) electrons. The van der Waals surface area contributed by atoms with Gasteiger partial charge >= 0.3 is 6.18 Å². The summed E-state index contributed by atoms with van der Waals surface area (Å²) in [6, 6.07) is 9.17. The Labute approximate surface area is 190 Å². The molecule has 0 bridgehead atoms. The quantitative estimate of drug-likeness (QED) is 0.594. The number of nitrogens with zero attached hydrogens (tertiary/aromatic N) is 5. The van der Waals surface area contributed by atoms with E-state index in [-0.39, 0.29) is 0 Å². The Morgan fingerprint density at radius 3 is 2.39 bits per heavy atom. The summed E-state index contributed by atoms with van der Waals surface area (Å²) in [4.78, 5) is 18.2. The minimum absolute atomic E-state index is 0.457. The van der Waals surface area contributed by atoms with Gasteiger partial charge < -0.3 is 9.64 Å². The van der Waals surface area contributed by atoms with Crippen LogP contribution in [0.5, 0.6) is 0 Å². The lowest BCUT2D eigenvalue weighted by molar-refractivity contribution is -0.137. The third-order valence-corrected chi connectivity index (χ3v) is 6.03. The summed E-state index contributed by atoms with van der Waals surface area (Å²) >= 11 is 0. The third kappa shape index (κ3) is 4.99. The van der Waals surface area contributed by atoms with E-state index in [4.69, 9.17) is 4.74 Å². The van der Waals surface area contributed by atoms with Gasteiger partial charge in [0.15, 0.2) is 5.82 Å². The molecule has 2 aromatic heterocycles. The molecule has 0 spiro atoms. The number of fused-ring (bicyclic) bond motifs is 1. The highest BCUT2D eigenvalue weighted by Gasteiger charge is 2.30. The monoisotopic (exact) mass is 455 g/mol. The largest absolute Gasteiger partial charge is 0.416 e. The molecule has 6 nitrogen and oxygen atoms in total. The summed E-state index contributed by atoms with van der Waals surface area (Å²) in [6.07, 6.45) is 0.146. The predicted octanol–water partition coefficient (Wildman–Crippen LogP) is 3.95. The van der Waals surface area contributed by atoms with E-state index in [2.05, 4.69) is 36.9 Å². The zero-order chi connectivity index (χ0) is 22.8. The second-order valence-corrected chi connectivity index (χ2v) is 8.33. The highest BCUT2D eigenvalue weighted by Crippen LogP contribution is 2.30. The van der Waals surface area contributed by atoms with Crippen molar-refractivity contribution in [2.45, 2.75) is 25.7 Å². The van der Waals surface area contributed by atoms with Crippen molar-refractivity contribution in [1.29, 1.82) is 0 Å². The van der Waals surface area contributed by atoms with Crippen LogP contribution in [0.15, 0.2) is 48.8 Å². The molecule has 0 atom stereocenters. The van der Waals surface area contributed by atoms with E-state index in [1.54, 1.807) is 6.20 Å². The van der Waals surface area contributed by atoms with Gasteiger partial charge in [0, 0.05) is 62.7 Å². The number of hydrogen-bond donors (Lipinski definition) is 0. The van der Waals surface area contributed by atoms with Crippen LogP contribution < -0.4 is 4.90 Å². The van der Waals surface area contributed by atoms with Crippen molar-refractivity contribution in [1.82, 2.24) is 19.9 Å². The molecule has 9 heteroatoms. The fourth-order valence-electron chi connectivity index (χ4n) is 4.20. The number of anilines is 1. The maximum Gasteiger partial charge on any atom is 0.416 e. The number of benzene rings is 1. The van der Waals surface area contributed by atoms with E-state index in [9.17, 15) is 13.2 Å². The molecule has 0 aliphatic carbocycles. The SMILES string of the molecule is FC(F)(F)c1ccc(-c2ncc3c(n2)CCN(Cc2ccc(N4CCOCC4)nc2)C3)cc1. The number of pyridine rings is 1. The van der Waals surface area contributed by atoms with Gasteiger partial charge in [-0.2, -0.15) is 13.2 Å². The first-order valence-corrected chi connectivity index (χ1v) is 11.0. The first kappa shape index (κ1) is 21.8. The molecular formula is C24H24F3N5O. The van der Waals surface area contributed by atoms with E-state index >= 15 is 0 Å². The second-order valence-electron chi connectivity index (χ2n) is 8.33. The van der Waals surface area contributed by atoms with Crippen LogP contribution >= 0.6 is 0 Å². The molecule has 0 amide bonds. The molecule has 1 aromatic carbocycles. The Balaban J connectivity index is 1.23. The normalized spacial score (nSPS) is 17.1. The van der Waals surface area contributed by atoms with Crippen LogP contribution in [-0.2, 0) is 30.4 Å². The zero-order valence-corrected chi connectivity index (χ0v) is 18.1. The highest BCUT2D eigenvalue weighted by atomic mass is 19.4. The standard InChI is InChI=1S/C24H24F3N5O/c25-24(26,27)20-4-2-18(3-5-20)23-29-14-19-16-31(8-7-21(19)30-23)15-17-1-6-22(28-13-17)32-9-11-33-12-10-32/h1-6,13-14H,7-12,15-16H2. The van der Waals surface area contributed by atoms with Gasteiger partial charge in [-0.3, -0.25) is 4.90 Å². The molecule has 5 rings (SSSR count). The summed E-state index contributed by atoms with van der Waals surface area (Å²) < 4.78 is 43.8. The van der Waals surface area contributed by atoms with E-state index in [0.29, 0.717) is 11.4 Å². The molecule has 3 aromatic rings. The van der Waals surface area contributed by atoms with Crippen LogP contribution in [0.2, 0.25) is 0 Å². The summed E-state index contributed by atoms with van der Waals surface area (Å²) in [7, 11) is 0. The zero-order valence-electron chi connectivity index (χ0n) is 18.1. The van der Waals surface area contributed by atoms with Gasteiger partial charge in [-0.15, -0.1) is 0 Å². The minimum Gasteiger partial charge on any atom is -0.378 e. The van der Waals surface area contributed by atoms with Crippen LogP contribution in [0.3, 0.4) is 0 Å². The topological polar surface area (TPSA) is 54.4 Å². The average Bonchev–Trinajstić information content (AvgIpc) is 2.84. The van der Waals surface area contributed by atoms with Crippen molar-refractivity contribution in [3.8, 4) is 11.4 Å². The lowest BCUT2D eigenvalue weighted by Gasteiger charge is -2.29. The lowest BCUT2D eigenvalue weighted by Crippen LogP contribution is -2.36. The van der Waals surface area contributed by atoms with Crippen LogP contribution in [0.1, 0.15) is 22.4 Å². The van der Waals surface area contributed by atoms with Gasteiger partial charge in [-0.05, 0) is 23.8 Å². The summed E-state index contributed by atoms with van der Waals surface area (Å²) in [5.41, 5.74) is 3.07. The summed E-state index contributed by atoms with van der Waals surface area (Å²) in [6.45, 7) is 5.57. The molecule has 1 saturated heterocycles. The Morgan fingerprint density at radius 1 is 0.909 bits per heavy atom. The lowest BCUT2D eigenvalue weighted by atomic mass is 10.1. The van der Waals surface area contributed by atoms with E-state index in [1.807, 2.05) is 6.20 Å². The van der Waals surface area contributed by atoms with E-state index in [0.717, 1.165) is 87.1 Å². The number of aromatic nitrogens is 3. The number of hydrogen-bond acceptors (Lipinski definition) is 6. The number of rotatable bonds is 4. The smallest absolute Gasteiger partial charge is 0.378 e. The first-order chi connectivity index (χ1) is 16.0. The molecule has 33 heavy (non-hydrogen) atoms. The summed E-state index contributed by atoms with van der Waals surface area (Å²) in [5, 5.41) is 0. The van der Waals surface area contributed by atoms with E-state index in [1.165, 1.54) is 12.1 Å². The minimum atomic E-state index is -4.35. The maximum atomic E-state index is 12.8. The molecule has 0 saturated carbocycles. The van der Waals surface area contributed by atoms with Crippen molar-refractivity contribution in [2.75, 3.05) is 37.7 Å². The van der Waals surface area contributed by atoms with Gasteiger partial charge in [0.1, 0.15) is 5.82 Å². The average molecular weight is 455 g/mol. The molecule has 2 aliphatic rings. The fourth-order valence-corrected chi connectivity index (χ4v) is 4.20. The Morgan fingerprint density at radius 2 is 1.70 bits per heavy atom. The first-order valence-electron chi connectivity index (χ1n) is 11.0. The van der Waals surface area contributed by atoms with Gasteiger partial charge in [0.05, 0.1) is 24.5 Å². The number of morpholine rings is 1. The van der Waals surface area contributed by atoms with Crippen molar-refractivity contribution < 1.29 is 17.9 Å². The number of ether oxygens (including phenoxy) is 1. The number of alkyl halides is 3. The predicted molar refractivity (Wildman–Crippen MR) is 118 cm³/mol. The van der Waals surface area contributed by atoms with E-state index < -0.39 is 11.7 Å². The van der Waals surface area contributed by atoms with Crippen molar-refractivity contribution in [2.24, 2.45) is 0 Å². The second kappa shape index (κ2) is 9.07. The number of halogens is 3. The molecular weight excluding hydrogens is 431 g/mol. The Hall–Kier alpha value is -3.04. The molecule has 1 fully saturated rings. The van der Waals surface area contributed by atoms with Crippen molar-refractivity contribution >= 4 is 5.82 Å². The van der Waals surface area contributed by atoms with Gasteiger partial charge in [-0.25, -0.2) is 15.0 Å². The molecule has 0 N–H and O–H groups in total. The van der Waals surface area contributed by atoms with Crippen LogP contribution in [-0.4, -0.2) is 52.7 Å². The highest BCUT2D eigenvalue weighted by molar-refractivity contribution is 5.56.